The third-order valence-corrected chi connectivity index (χ3v) is 3.70. The van der Waals surface area contributed by atoms with Crippen molar-refractivity contribution in [3.63, 3.8) is 0 Å². The number of nitrogens with zero attached hydrogens (tertiary/aromatic N) is 2. The highest BCUT2D eigenvalue weighted by atomic mass is 16.5. The molecule has 1 aromatic carbocycles. The van der Waals surface area contributed by atoms with Gasteiger partial charge >= 0.3 is 0 Å². The Bertz CT molecular complexity index is 630. The maximum atomic E-state index is 12.2. The molecular weight excluding hydrogens is 268 g/mol. The standard InChI is InChI=1S/C15H20N4O2/c1-19-10-18-13-7-11(3-4-14(13)19)15(20)17-9-12-8-16-5-2-6-21-12/h3-4,7,10,12,16H,2,5-6,8-9H2,1H3,(H,17,20). The highest BCUT2D eigenvalue weighted by Crippen LogP contribution is 2.13. The highest BCUT2D eigenvalue weighted by Gasteiger charge is 2.14. The number of carbonyl (C=O) groups is 1. The summed E-state index contributed by atoms with van der Waals surface area (Å²) in [5.41, 5.74) is 2.48. The van der Waals surface area contributed by atoms with Gasteiger partial charge in [0.25, 0.3) is 5.91 Å². The molecule has 0 bridgehead atoms. The average Bonchev–Trinajstić information content (AvgIpc) is 2.72. The summed E-state index contributed by atoms with van der Waals surface area (Å²) in [5, 5.41) is 6.23. The van der Waals surface area contributed by atoms with Crippen LogP contribution < -0.4 is 10.6 Å². The van der Waals surface area contributed by atoms with Crippen LogP contribution in [-0.4, -0.2) is 47.8 Å². The largest absolute Gasteiger partial charge is 0.375 e. The van der Waals surface area contributed by atoms with Gasteiger partial charge < -0.3 is 19.9 Å². The summed E-state index contributed by atoms with van der Waals surface area (Å²) in [6.07, 6.45) is 2.80. The van der Waals surface area contributed by atoms with Crippen molar-refractivity contribution < 1.29 is 9.53 Å². The summed E-state index contributed by atoms with van der Waals surface area (Å²) in [6, 6.07) is 5.56. The number of nitrogens with one attached hydrogen (secondary N) is 2. The van der Waals surface area contributed by atoms with Gasteiger partial charge in [0.1, 0.15) is 0 Å². The van der Waals surface area contributed by atoms with E-state index in [-0.39, 0.29) is 12.0 Å². The summed E-state index contributed by atoms with van der Waals surface area (Å²) in [6.45, 7) is 3.01. The van der Waals surface area contributed by atoms with Crippen LogP contribution in [0, 0.1) is 0 Å². The van der Waals surface area contributed by atoms with Crippen molar-refractivity contribution in [2.75, 3.05) is 26.2 Å². The predicted octanol–water partition coefficient (Wildman–Crippen LogP) is 0.682. The van der Waals surface area contributed by atoms with Gasteiger partial charge in [-0.25, -0.2) is 4.98 Å². The van der Waals surface area contributed by atoms with Crippen LogP contribution in [0.3, 0.4) is 0 Å². The number of carbonyl (C=O) groups excluding carboxylic acids is 1. The quantitative estimate of drug-likeness (QED) is 0.871. The van der Waals surface area contributed by atoms with Gasteiger partial charge in [0.2, 0.25) is 0 Å². The Morgan fingerprint density at radius 3 is 3.38 bits per heavy atom. The second-order valence-electron chi connectivity index (χ2n) is 5.32. The topological polar surface area (TPSA) is 68.2 Å². The highest BCUT2D eigenvalue weighted by molar-refractivity contribution is 5.97. The molecule has 1 unspecified atom stereocenters. The Morgan fingerprint density at radius 2 is 2.48 bits per heavy atom. The summed E-state index contributed by atoms with van der Waals surface area (Å²) in [4.78, 5) is 16.5. The minimum Gasteiger partial charge on any atom is -0.375 e. The van der Waals surface area contributed by atoms with Gasteiger partial charge in [-0.2, -0.15) is 0 Å². The molecular formula is C15H20N4O2. The van der Waals surface area contributed by atoms with Crippen molar-refractivity contribution in [3.8, 4) is 0 Å². The average molecular weight is 288 g/mol. The lowest BCUT2D eigenvalue weighted by atomic mass is 10.2. The molecule has 2 aromatic rings. The molecule has 2 heterocycles. The van der Waals surface area contributed by atoms with Gasteiger partial charge in [-0.05, 0) is 31.2 Å². The Labute approximate surface area is 123 Å². The van der Waals surface area contributed by atoms with Gasteiger partial charge in [0, 0.05) is 32.3 Å². The number of hydrogen-bond donors (Lipinski definition) is 2. The number of aryl methyl sites for hydroxylation is 1. The van der Waals surface area contributed by atoms with Crippen LogP contribution >= 0.6 is 0 Å². The molecule has 21 heavy (non-hydrogen) atoms. The van der Waals surface area contributed by atoms with E-state index in [9.17, 15) is 4.79 Å². The third kappa shape index (κ3) is 3.22. The molecule has 2 N–H and O–H groups in total. The van der Waals surface area contributed by atoms with Crippen LogP contribution in [0.25, 0.3) is 11.0 Å². The van der Waals surface area contributed by atoms with E-state index in [0.717, 1.165) is 37.2 Å². The fraction of sp³-hybridized carbons (Fsp3) is 0.467. The number of rotatable bonds is 3. The maximum Gasteiger partial charge on any atom is 0.251 e. The van der Waals surface area contributed by atoms with Gasteiger partial charge in [-0.15, -0.1) is 0 Å². The molecule has 1 aromatic heterocycles. The normalized spacial score (nSPS) is 19.4. The first-order chi connectivity index (χ1) is 10.2. The molecule has 1 atom stereocenters. The molecule has 6 nitrogen and oxygen atoms in total. The maximum absolute atomic E-state index is 12.2. The number of ether oxygens (including phenoxy) is 1. The smallest absolute Gasteiger partial charge is 0.251 e. The van der Waals surface area contributed by atoms with Crippen molar-refractivity contribution in [1.82, 2.24) is 20.2 Å². The lowest BCUT2D eigenvalue weighted by Gasteiger charge is -2.15. The van der Waals surface area contributed by atoms with Crippen molar-refractivity contribution in [2.45, 2.75) is 12.5 Å². The van der Waals surface area contributed by atoms with E-state index in [1.807, 2.05) is 29.8 Å². The number of amides is 1. The van der Waals surface area contributed by atoms with E-state index in [2.05, 4.69) is 15.6 Å². The van der Waals surface area contributed by atoms with Crippen LogP contribution in [0.4, 0.5) is 0 Å². The minimum absolute atomic E-state index is 0.0371. The fourth-order valence-electron chi connectivity index (χ4n) is 2.49. The van der Waals surface area contributed by atoms with Crippen LogP contribution in [0.2, 0.25) is 0 Å². The monoisotopic (exact) mass is 288 g/mol. The van der Waals surface area contributed by atoms with Crippen molar-refractivity contribution in [1.29, 1.82) is 0 Å². The molecule has 0 radical (unpaired) electrons. The van der Waals surface area contributed by atoms with Crippen molar-refractivity contribution >= 4 is 16.9 Å². The number of imidazole rings is 1. The Kier molecular flexibility index (Phi) is 4.17. The Balaban J connectivity index is 1.63. The zero-order valence-corrected chi connectivity index (χ0v) is 12.1. The molecule has 112 valence electrons. The van der Waals surface area contributed by atoms with E-state index < -0.39 is 0 Å². The number of benzene rings is 1. The molecule has 1 aliphatic heterocycles. The van der Waals surface area contributed by atoms with Gasteiger partial charge in [0.15, 0.2) is 0 Å². The molecule has 1 amide bonds. The van der Waals surface area contributed by atoms with Crippen molar-refractivity contribution in [3.05, 3.63) is 30.1 Å². The number of fused-ring (bicyclic) bond motifs is 1. The summed E-state index contributed by atoms with van der Waals surface area (Å²) in [7, 11) is 1.94. The third-order valence-electron chi connectivity index (χ3n) is 3.70. The summed E-state index contributed by atoms with van der Waals surface area (Å²) >= 11 is 0. The van der Waals surface area contributed by atoms with Crippen LogP contribution in [0.15, 0.2) is 24.5 Å². The molecule has 0 saturated carbocycles. The molecule has 1 aliphatic rings. The van der Waals surface area contributed by atoms with E-state index in [4.69, 9.17) is 4.74 Å². The van der Waals surface area contributed by atoms with Gasteiger partial charge in [0.05, 0.1) is 23.5 Å². The number of aromatic nitrogens is 2. The first-order valence-electron chi connectivity index (χ1n) is 7.25. The second-order valence-corrected chi connectivity index (χ2v) is 5.32. The Hall–Kier alpha value is -1.92. The van der Waals surface area contributed by atoms with Crippen LogP contribution in [0.5, 0.6) is 0 Å². The first-order valence-corrected chi connectivity index (χ1v) is 7.25. The van der Waals surface area contributed by atoms with Gasteiger partial charge in [-0.1, -0.05) is 0 Å². The molecule has 0 aliphatic carbocycles. The molecule has 0 spiro atoms. The van der Waals surface area contributed by atoms with E-state index in [0.29, 0.717) is 12.1 Å². The van der Waals surface area contributed by atoms with E-state index in [1.165, 1.54) is 0 Å². The SMILES string of the molecule is Cn1cnc2cc(C(=O)NCC3CNCCCO3)ccc21. The van der Waals surface area contributed by atoms with E-state index >= 15 is 0 Å². The zero-order valence-electron chi connectivity index (χ0n) is 12.1. The Morgan fingerprint density at radius 1 is 1.57 bits per heavy atom. The van der Waals surface area contributed by atoms with E-state index in [1.54, 1.807) is 6.33 Å². The first kappa shape index (κ1) is 14.0. The number of hydrogen-bond acceptors (Lipinski definition) is 4. The zero-order chi connectivity index (χ0) is 14.7. The van der Waals surface area contributed by atoms with Crippen molar-refractivity contribution in [2.24, 2.45) is 7.05 Å². The van der Waals surface area contributed by atoms with Gasteiger partial charge in [-0.3, -0.25) is 4.79 Å². The lowest BCUT2D eigenvalue weighted by Crippen LogP contribution is -2.38. The second kappa shape index (κ2) is 6.24. The predicted molar refractivity (Wildman–Crippen MR) is 80.3 cm³/mol. The summed E-state index contributed by atoms with van der Waals surface area (Å²) < 4.78 is 7.60. The minimum atomic E-state index is -0.0876. The fourth-order valence-corrected chi connectivity index (χ4v) is 2.49. The lowest BCUT2D eigenvalue weighted by molar-refractivity contribution is 0.0626. The summed E-state index contributed by atoms with van der Waals surface area (Å²) in [5.74, 6) is -0.0876. The van der Waals surface area contributed by atoms with Crippen LogP contribution in [-0.2, 0) is 11.8 Å². The molecule has 1 saturated heterocycles. The molecule has 6 heteroatoms. The molecule has 1 fully saturated rings. The van der Waals surface area contributed by atoms with Crippen LogP contribution in [0.1, 0.15) is 16.8 Å². The molecule has 3 rings (SSSR count).